The minimum Gasteiger partial charge on any atom is -0.321 e. The summed E-state index contributed by atoms with van der Waals surface area (Å²) in [5.74, 6) is -0.427. The molecular formula is C22H17BrIN3O. The highest BCUT2D eigenvalue weighted by atomic mass is 127. The fraction of sp³-hybridized carbons (Fsp3) is 0.0909. The lowest BCUT2D eigenvalue weighted by Gasteiger charge is -2.10. The van der Waals surface area contributed by atoms with E-state index in [0.717, 1.165) is 27.1 Å². The van der Waals surface area contributed by atoms with E-state index in [-0.39, 0.29) is 5.57 Å². The lowest BCUT2D eigenvalue weighted by molar-refractivity contribution is -0.112. The molecule has 0 aliphatic carbocycles. The highest BCUT2D eigenvalue weighted by Gasteiger charge is 2.14. The number of benzene rings is 2. The molecule has 0 atom stereocenters. The van der Waals surface area contributed by atoms with Gasteiger partial charge in [-0.15, -0.1) is 0 Å². The molecule has 1 aromatic heterocycles. The molecule has 1 heterocycles. The largest absolute Gasteiger partial charge is 0.321 e. The monoisotopic (exact) mass is 545 g/mol. The topological polar surface area (TPSA) is 57.8 Å². The number of hydrogen-bond donors (Lipinski definition) is 1. The molecule has 0 aliphatic heterocycles. The third kappa shape index (κ3) is 4.54. The van der Waals surface area contributed by atoms with Gasteiger partial charge in [-0.3, -0.25) is 4.79 Å². The van der Waals surface area contributed by atoms with Gasteiger partial charge >= 0.3 is 0 Å². The number of rotatable bonds is 4. The Kier molecular flexibility index (Phi) is 6.37. The molecule has 4 nitrogen and oxygen atoms in total. The van der Waals surface area contributed by atoms with E-state index >= 15 is 0 Å². The third-order valence-electron chi connectivity index (χ3n) is 4.32. The van der Waals surface area contributed by atoms with Crippen LogP contribution in [0, 0.1) is 28.7 Å². The molecule has 140 valence electrons. The van der Waals surface area contributed by atoms with Crippen molar-refractivity contribution in [1.82, 2.24) is 4.57 Å². The molecule has 0 unspecified atom stereocenters. The molecule has 0 bridgehead atoms. The van der Waals surface area contributed by atoms with E-state index in [2.05, 4.69) is 72.7 Å². The van der Waals surface area contributed by atoms with E-state index in [1.165, 1.54) is 3.57 Å². The second kappa shape index (κ2) is 8.76. The van der Waals surface area contributed by atoms with Crippen molar-refractivity contribution in [1.29, 1.82) is 5.26 Å². The van der Waals surface area contributed by atoms with Crippen molar-refractivity contribution in [2.75, 3.05) is 5.32 Å². The number of nitriles is 1. The number of anilines is 1. The van der Waals surface area contributed by atoms with Crippen molar-refractivity contribution in [2.24, 2.45) is 0 Å². The maximum absolute atomic E-state index is 12.5. The normalized spacial score (nSPS) is 11.2. The molecular weight excluding hydrogens is 529 g/mol. The number of aromatic nitrogens is 1. The van der Waals surface area contributed by atoms with Crippen LogP contribution in [-0.4, -0.2) is 10.5 Å². The molecule has 28 heavy (non-hydrogen) atoms. The van der Waals surface area contributed by atoms with Crippen LogP contribution in [0.5, 0.6) is 0 Å². The first kappa shape index (κ1) is 20.4. The predicted octanol–water partition coefficient (Wildman–Crippen LogP) is 6.01. The number of carbonyl (C=O) groups excluding carboxylic acids is 1. The molecule has 1 amide bonds. The fourth-order valence-corrected chi connectivity index (χ4v) is 3.58. The third-order valence-corrected chi connectivity index (χ3v) is 5.57. The summed E-state index contributed by atoms with van der Waals surface area (Å²) in [4.78, 5) is 12.5. The summed E-state index contributed by atoms with van der Waals surface area (Å²) in [7, 11) is 0. The average Bonchev–Trinajstić information content (AvgIpc) is 2.95. The van der Waals surface area contributed by atoms with Gasteiger partial charge in [0.2, 0.25) is 0 Å². The number of hydrogen-bond acceptors (Lipinski definition) is 2. The summed E-state index contributed by atoms with van der Waals surface area (Å²) < 4.78 is 4.20. The Morgan fingerprint density at radius 2 is 1.79 bits per heavy atom. The summed E-state index contributed by atoms with van der Waals surface area (Å²) in [5.41, 5.74) is 4.61. The zero-order valence-corrected chi connectivity index (χ0v) is 19.1. The highest BCUT2D eigenvalue weighted by molar-refractivity contribution is 14.1. The lowest BCUT2D eigenvalue weighted by atomic mass is 10.1. The molecule has 0 radical (unpaired) electrons. The molecule has 6 heteroatoms. The summed E-state index contributed by atoms with van der Waals surface area (Å²) in [6.07, 6.45) is 1.64. The SMILES string of the molecule is Cc1cc(/C=C(\C#N)C(=O)Nc2ccc(Br)cc2)c(C)n1-c1ccc(I)cc1. The molecule has 0 aliphatic rings. The van der Waals surface area contributed by atoms with Gasteiger partial charge in [0.1, 0.15) is 11.6 Å². The van der Waals surface area contributed by atoms with Crippen LogP contribution in [0.15, 0.2) is 64.6 Å². The van der Waals surface area contributed by atoms with Crippen LogP contribution in [-0.2, 0) is 4.79 Å². The van der Waals surface area contributed by atoms with E-state index in [0.29, 0.717) is 5.69 Å². The average molecular weight is 546 g/mol. The Bertz CT molecular complexity index is 1090. The number of nitrogens with one attached hydrogen (secondary N) is 1. The van der Waals surface area contributed by atoms with Gasteiger partial charge in [0.15, 0.2) is 0 Å². The van der Waals surface area contributed by atoms with E-state index in [4.69, 9.17) is 0 Å². The van der Waals surface area contributed by atoms with Crippen LogP contribution in [0.25, 0.3) is 11.8 Å². The van der Waals surface area contributed by atoms with E-state index in [9.17, 15) is 10.1 Å². The van der Waals surface area contributed by atoms with Gasteiger partial charge < -0.3 is 9.88 Å². The molecule has 0 saturated carbocycles. The first-order valence-corrected chi connectivity index (χ1v) is 10.4. The van der Waals surface area contributed by atoms with Crippen LogP contribution in [0.1, 0.15) is 17.0 Å². The van der Waals surface area contributed by atoms with E-state index < -0.39 is 5.91 Å². The maximum Gasteiger partial charge on any atom is 0.266 e. The second-order valence-electron chi connectivity index (χ2n) is 6.27. The Morgan fingerprint density at radius 1 is 1.14 bits per heavy atom. The first-order chi connectivity index (χ1) is 13.4. The van der Waals surface area contributed by atoms with Crippen molar-refractivity contribution < 1.29 is 4.79 Å². The molecule has 0 fully saturated rings. The molecule has 2 aromatic carbocycles. The van der Waals surface area contributed by atoms with Gasteiger partial charge in [0.05, 0.1) is 0 Å². The zero-order chi connectivity index (χ0) is 20.3. The Labute approximate surface area is 186 Å². The minimum absolute atomic E-state index is 0.0609. The van der Waals surface area contributed by atoms with Gasteiger partial charge in [-0.05, 0) is 103 Å². The van der Waals surface area contributed by atoms with E-state index in [1.807, 2.05) is 38.1 Å². The predicted molar refractivity (Wildman–Crippen MR) is 124 cm³/mol. The van der Waals surface area contributed by atoms with Crippen molar-refractivity contribution >= 4 is 56.2 Å². The number of halogens is 2. The fourth-order valence-electron chi connectivity index (χ4n) is 2.96. The zero-order valence-electron chi connectivity index (χ0n) is 15.3. The lowest BCUT2D eigenvalue weighted by Crippen LogP contribution is -2.13. The van der Waals surface area contributed by atoms with Gasteiger partial charge in [-0.25, -0.2) is 0 Å². The van der Waals surface area contributed by atoms with Crippen LogP contribution in [0.3, 0.4) is 0 Å². The molecule has 1 N–H and O–H groups in total. The van der Waals surface area contributed by atoms with Crippen molar-refractivity contribution in [3.8, 4) is 11.8 Å². The van der Waals surface area contributed by atoms with Gasteiger partial charge in [0, 0.05) is 30.8 Å². The summed E-state index contributed by atoms with van der Waals surface area (Å²) in [5, 5.41) is 12.3. The molecule has 0 spiro atoms. The number of aryl methyl sites for hydroxylation is 1. The van der Waals surface area contributed by atoms with Crippen molar-refractivity contribution in [3.63, 3.8) is 0 Å². The maximum atomic E-state index is 12.5. The Balaban J connectivity index is 1.91. The van der Waals surface area contributed by atoms with Gasteiger partial charge in [0.25, 0.3) is 5.91 Å². The van der Waals surface area contributed by atoms with Crippen LogP contribution >= 0.6 is 38.5 Å². The van der Waals surface area contributed by atoms with Gasteiger partial charge in [-0.2, -0.15) is 5.26 Å². The highest BCUT2D eigenvalue weighted by Crippen LogP contribution is 2.24. The molecule has 0 saturated heterocycles. The number of nitrogens with zero attached hydrogens (tertiary/aromatic N) is 2. The van der Waals surface area contributed by atoms with Gasteiger partial charge in [-0.1, -0.05) is 15.9 Å². The van der Waals surface area contributed by atoms with Crippen LogP contribution in [0.4, 0.5) is 5.69 Å². The number of amides is 1. The van der Waals surface area contributed by atoms with E-state index in [1.54, 1.807) is 18.2 Å². The first-order valence-electron chi connectivity index (χ1n) is 8.52. The standard InChI is InChI=1S/C22H17BrIN3O/c1-14-11-16(15(2)27(14)21-9-5-19(24)6-10-21)12-17(13-25)22(28)26-20-7-3-18(23)4-8-20/h3-12H,1-2H3,(H,26,28)/b17-12+. The molecule has 3 rings (SSSR count). The van der Waals surface area contributed by atoms with Crippen LogP contribution in [0.2, 0.25) is 0 Å². The Hall–Kier alpha value is -2.37. The summed E-state index contributed by atoms with van der Waals surface area (Å²) >= 11 is 5.63. The summed E-state index contributed by atoms with van der Waals surface area (Å²) in [6, 6.07) is 19.4. The number of carbonyl (C=O) groups is 1. The van der Waals surface area contributed by atoms with Crippen molar-refractivity contribution in [3.05, 3.63) is 85.2 Å². The van der Waals surface area contributed by atoms with Crippen molar-refractivity contribution in [2.45, 2.75) is 13.8 Å². The summed E-state index contributed by atoms with van der Waals surface area (Å²) in [6.45, 7) is 3.99. The Morgan fingerprint density at radius 3 is 2.39 bits per heavy atom. The minimum atomic E-state index is -0.427. The second-order valence-corrected chi connectivity index (χ2v) is 8.43. The van der Waals surface area contributed by atoms with Crippen LogP contribution < -0.4 is 5.32 Å². The molecule has 3 aromatic rings. The quantitative estimate of drug-likeness (QED) is 0.248. The smallest absolute Gasteiger partial charge is 0.266 e.